The minimum Gasteiger partial charge on any atom is -0.444 e. The van der Waals surface area contributed by atoms with E-state index in [-0.39, 0.29) is 6.09 Å². The number of aryl methyl sites for hydroxylation is 1. The lowest BCUT2D eigenvalue weighted by Gasteiger charge is -2.34. The normalized spacial score (nSPS) is 22.5. The van der Waals surface area contributed by atoms with Gasteiger partial charge in [0.05, 0.1) is 5.69 Å². The van der Waals surface area contributed by atoms with E-state index in [4.69, 9.17) is 16.3 Å². The lowest BCUT2D eigenvalue weighted by molar-refractivity contribution is 0.0165. The predicted octanol–water partition coefficient (Wildman–Crippen LogP) is 4.10. The molecule has 3 rings (SSSR count). The van der Waals surface area contributed by atoms with Gasteiger partial charge in [-0.3, -0.25) is 0 Å². The standard InChI is InChI=1S/C18H26ClN3O2/c1-17(2,3)24-16(23)22-10-8-18(9-11-22)12-13(18)4-5-14-6-7-15(19)21-20-14/h6-7,13H,4-5,8-12H2,1-3H3/t13-/m1/s1. The Morgan fingerprint density at radius 1 is 1.33 bits per heavy atom. The van der Waals surface area contributed by atoms with Crippen molar-refractivity contribution in [3.05, 3.63) is 23.0 Å². The van der Waals surface area contributed by atoms with Crippen LogP contribution in [0, 0.1) is 11.3 Å². The minimum absolute atomic E-state index is 0.175. The third-order valence-corrected chi connectivity index (χ3v) is 5.41. The van der Waals surface area contributed by atoms with E-state index in [0.29, 0.717) is 10.6 Å². The summed E-state index contributed by atoms with van der Waals surface area (Å²) in [5.74, 6) is 0.746. The summed E-state index contributed by atoms with van der Waals surface area (Å²) in [5, 5.41) is 8.47. The maximum absolute atomic E-state index is 12.1. The molecule has 0 radical (unpaired) electrons. The topological polar surface area (TPSA) is 55.3 Å². The second kappa shape index (κ2) is 6.51. The van der Waals surface area contributed by atoms with Gasteiger partial charge in [0.25, 0.3) is 0 Å². The van der Waals surface area contributed by atoms with Gasteiger partial charge in [0, 0.05) is 13.1 Å². The zero-order chi connectivity index (χ0) is 17.4. The van der Waals surface area contributed by atoms with Crippen LogP contribution in [0.25, 0.3) is 0 Å². The summed E-state index contributed by atoms with van der Waals surface area (Å²) in [5.41, 5.74) is 1.03. The number of amides is 1. The Kier molecular flexibility index (Phi) is 4.73. The Balaban J connectivity index is 1.44. The Labute approximate surface area is 148 Å². The molecule has 0 N–H and O–H groups in total. The van der Waals surface area contributed by atoms with E-state index in [0.717, 1.165) is 50.4 Å². The summed E-state index contributed by atoms with van der Waals surface area (Å²) >= 11 is 5.77. The van der Waals surface area contributed by atoms with Crippen molar-refractivity contribution < 1.29 is 9.53 Å². The molecule has 1 aromatic heterocycles. The molecule has 1 aliphatic carbocycles. The molecule has 0 bridgehead atoms. The smallest absolute Gasteiger partial charge is 0.410 e. The van der Waals surface area contributed by atoms with Gasteiger partial charge >= 0.3 is 6.09 Å². The van der Waals surface area contributed by atoms with Gasteiger partial charge in [-0.25, -0.2) is 4.79 Å². The average Bonchev–Trinajstić information content (AvgIpc) is 3.18. The van der Waals surface area contributed by atoms with Crippen molar-refractivity contribution in [1.29, 1.82) is 0 Å². The Morgan fingerprint density at radius 3 is 2.62 bits per heavy atom. The summed E-state index contributed by atoms with van der Waals surface area (Å²) in [7, 11) is 0. The molecule has 0 unspecified atom stereocenters. The molecule has 5 nitrogen and oxygen atoms in total. The number of nitrogens with zero attached hydrogens (tertiary/aromatic N) is 3. The van der Waals surface area contributed by atoms with Gasteiger partial charge in [0.2, 0.25) is 0 Å². The zero-order valence-electron chi connectivity index (χ0n) is 14.7. The second-order valence-electron chi connectivity index (χ2n) is 8.12. The van der Waals surface area contributed by atoms with Crippen LogP contribution in [0.15, 0.2) is 12.1 Å². The number of hydrogen-bond acceptors (Lipinski definition) is 4. The first kappa shape index (κ1) is 17.5. The van der Waals surface area contributed by atoms with Gasteiger partial charge in [-0.15, -0.1) is 5.10 Å². The van der Waals surface area contributed by atoms with Gasteiger partial charge in [0.1, 0.15) is 5.60 Å². The van der Waals surface area contributed by atoms with Crippen LogP contribution in [0.3, 0.4) is 0 Å². The fraction of sp³-hybridized carbons (Fsp3) is 0.722. The maximum Gasteiger partial charge on any atom is 0.410 e. The van der Waals surface area contributed by atoms with Gasteiger partial charge in [-0.05, 0) is 76.3 Å². The molecule has 132 valence electrons. The van der Waals surface area contributed by atoms with Crippen LogP contribution in [-0.2, 0) is 11.2 Å². The van der Waals surface area contributed by atoms with Crippen molar-refractivity contribution in [2.24, 2.45) is 11.3 Å². The highest BCUT2D eigenvalue weighted by Gasteiger charge is 2.54. The van der Waals surface area contributed by atoms with Crippen molar-refractivity contribution >= 4 is 17.7 Å². The fourth-order valence-corrected chi connectivity index (χ4v) is 3.81. The third-order valence-electron chi connectivity index (χ3n) is 5.21. The van der Waals surface area contributed by atoms with E-state index in [9.17, 15) is 4.79 Å². The van der Waals surface area contributed by atoms with Gasteiger partial charge in [-0.1, -0.05) is 11.6 Å². The molecule has 1 aromatic rings. The number of carbonyl (C=O) groups excluding carboxylic acids is 1. The highest BCUT2D eigenvalue weighted by atomic mass is 35.5. The lowest BCUT2D eigenvalue weighted by atomic mass is 9.89. The number of carbonyl (C=O) groups is 1. The quantitative estimate of drug-likeness (QED) is 0.822. The first-order chi connectivity index (χ1) is 11.3. The molecule has 1 saturated carbocycles. The average molecular weight is 352 g/mol. The Morgan fingerprint density at radius 2 is 2.04 bits per heavy atom. The van der Waals surface area contributed by atoms with Crippen LogP contribution in [0.5, 0.6) is 0 Å². The summed E-state index contributed by atoms with van der Waals surface area (Å²) < 4.78 is 5.47. The number of rotatable bonds is 3. The minimum atomic E-state index is -0.423. The largest absolute Gasteiger partial charge is 0.444 e. The van der Waals surface area contributed by atoms with Crippen molar-refractivity contribution in [3.8, 4) is 0 Å². The van der Waals surface area contributed by atoms with Crippen molar-refractivity contribution in [2.75, 3.05) is 13.1 Å². The van der Waals surface area contributed by atoms with E-state index in [1.165, 1.54) is 6.42 Å². The molecule has 2 heterocycles. The number of likely N-dealkylation sites (tertiary alicyclic amines) is 1. The lowest BCUT2D eigenvalue weighted by Crippen LogP contribution is -2.42. The first-order valence-corrected chi connectivity index (χ1v) is 9.11. The van der Waals surface area contributed by atoms with Crippen LogP contribution < -0.4 is 0 Å². The SMILES string of the molecule is CC(C)(C)OC(=O)N1CCC2(CC1)C[C@H]2CCc1ccc(Cl)nn1. The summed E-state index contributed by atoms with van der Waals surface area (Å²) in [4.78, 5) is 14.0. The van der Waals surface area contributed by atoms with E-state index in [1.54, 1.807) is 6.07 Å². The number of piperidine rings is 1. The van der Waals surface area contributed by atoms with E-state index < -0.39 is 5.60 Å². The molecule has 1 aliphatic heterocycles. The molecule has 24 heavy (non-hydrogen) atoms. The molecule has 2 aliphatic rings. The molecule has 6 heteroatoms. The molecule has 2 fully saturated rings. The molecule has 1 spiro atoms. The highest BCUT2D eigenvalue weighted by Crippen LogP contribution is 2.61. The molecular formula is C18H26ClN3O2. The maximum atomic E-state index is 12.1. The van der Waals surface area contributed by atoms with Crippen LogP contribution in [0.1, 0.15) is 52.1 Å². The number of ether oxygens (including phenoxy) is 1. The Bertz CT molecular complexity index is 589. The van der Waals surface area contributed by atoms with Gasteiger partial charge < -0.3 is 9.64 Å². The van der Waals surface area contributed by atoms with Crippen LogP contribution in [0.2, 0.25) is 5.15 Å². The predicted molar refractivity (Wildman–Crippen MR) is 92.9 cm³/mol. The van der Waals surface area contributed by atoms with Crippen molar-refractivity contribution in [3.63, 3.8) is 0 Å². The Hall–Kier alpha value is -1.36. The van der Waals surface area contributed by atoms with Crippen molar-refractivity contribution in [1.82, 2.24) is 15.1 Å². The van der Waals surface area contributed by atoms with E-state index in [2.05, 4.69) is 10.2 Å². The summed E-state index contributed by atoms with van der Waals surface area (Å²) in [6.45, 7) is 7.35. The highest BCUT2D eigenvalue weighted by molar-refractivity contribution is 6.29. The molecule has 0 aromatic carbocycles. The van der Waals surface area contributed by atoms with Gasteiger partial charge in [0.15, 0.2) is 5.15 Å². The third kappa shape index (κ3) is 4.18. The monoisotopic (exact) mass is 351 g/mol. The van der Waals surface area contributed by atoms with Crippen LogP contribution in [-0.4, -0.2) is 39.9 Å². The molecule has 1 saturated heterocycles. The zero-order valence-corrected chi connectivity index (χ0v) is 15.5. The number of hydrogen-bond donors (Lipinski definition) is 0. The fourth-order valence-electron chi connectivity index (χ4n) is 3.71. The van der Waals surface area contributed by atoms with E-state index >= 15 is 0 Å². The summed E-state index contributed by atoms with van der Waals surface area (Å²) in [6, 6.07) is 3.75. The number of halogens is 1. The van der Waals surface area contributed by atoms with Crippen LogP contribution >= 0.6 is 11.6 Å². The van der Waals surface area contributed by atoms with Crippen molar-refractivity contribution in [2.45, 2.75) is 58.5 Å². The van der Waals surface area contributed by atoms with Crippen LogP contribution in [0.4, 0.5) is 4.79 Å². The number of aromatic nitrogens is 2. The van der Waals surface area contributed by atoms with Gasteiger partial charge in [-0.2, -0.15) is 5.10 Å². The first-order valence-electron chi connectivity index (χ1n) is 8.73. The van der Waals surface area contributed by atoms with E-state index in [1.807, 2.05) is 31.7 Å². The summed E-state index contributed by atoms with van der Waals surface area (Å²) in [6.07, 6.45) is 5.36. The second-order valence-corrected chi connectivity index (χ2v) is 8.50. The molecule has 1 atom stereocenters. The molecule has 1 amide bonds. The molecular weight excluding hydrogens is 326 g/mol.